The van der Waals surface area contributed by atoms with Crippen LogP contribution in [0.25, 0.3) is 0 Å². The maximum Gasteiger partial charge on any atom is 0.246 e. The highest BCUT2D eigenvalue weighted by molar-refractivity contribution is 5.87. The predicted molar refractivity (Wildman–Crippen MR) is 65.7 cm³/mol. The van der Waals surface area contributed by atoms with Gasteiger partial charge in [-0.25, -0.2) is 0 Å². The van der Waals surface area contributed by atoms with E-state index in [2.05, 4.69) is 0 Å². The van der Waals surface area contributed by atoms with Gasteiger partial charge in [0.15, 0.2) is 0 Å². The molecular formula is C13H18N2O. The van der Waals surface area contributed by atoms with E-state index in [-0.39, 0.29) is 5.91 Å². The molecule has 3 heteroatoms. The average Bonchev–Trinajstić information content (AvgIpc) is 2.34. The van der Waals surface area contributed by atoms with Crippen molar-refractivity contribution in [1.29, 1.82) is 0 Å². The Hall–Kier alpha value is -1.61. The molecule has 0 unspecified atom stereocenters. The number of rotatable bonds is 5. The monoisotopic (exact) mass is 218 g/mol. The Morgan fingerprint density at radius 1 is 1.38 bits per heavy atom. The largest absolute Gasteiger partial charge is 0.335 e. The summed E-state index contributed by atoms with van der Waals surface area (Å²) in [7, 11) is 0. The summed E-state index contributed by atoms with van der Waals surface area (Å²) in [5.41, 5.74) is 6.45. The van der Waals surface area contributed by atoms with Gasteiger partial charge in [-0.15, -0.1) is 0 Å². The number of benzene rings is 1. The molecule has 1 rings (SSSR count). The van der Waals surface area contributed by atoms with Crippen molar-refractivity contribution >= 4 is 5.91 Å². The van der Waals surface area contributed by atoms with Crippen molar-refractivity contribution in [3.63, 3.8) is 0 Å². The topological polar surface area (TPSA) is 46.3 Å². The molecule has 0 heterocycles. The van der Waals surface area contributed by atoms with Gasteiger partial charge < -0.3 is 10.6 Å². The van der Waals surface area contributed by atoms with Crippen molar-refractivity contribution in [2.45, 2.75) is 13.5 Å². The van der Waals surface area contributed by atoms with E-state index < -0.39 is 0 Å². The van der Waals surface area contributed by atoms with Crippen molar-refractivity contribution in [2.24, 2.45) is 5.73 Å². The smallest absolute Gasteiger partial charge is 0.246 e. The van der Waals surface area contributed by atoms with Gasteiger partial charge in [0.25, 0.3) is 0 Å². The summed E-state index contributed by atoms with van der Waals surface area (Å²) in [6.45, 7) is 3.71. The van der Waals surface area contributed by atoms with Crippen LogP contribution in [0, 0.1) is 0 Å². The Morgan fingerprint density at radius 3 is 2.62 bits per heavy atom. The summed E-state index contributed by atoms with van der Waals surface area (Å²) in [6.07, 6.45) is 3.21. The second-order valence-corrected chi connectivity index (χ2v) is 3.48. The summed E-state index contributed by atoms with van der Waals surface area (Å²) >= 11 is 0. The molecule has 0 fully saturated rings. The van der Waals surface area contributed by atoms with E-state index in [1.54, 1.807) is 11.0 Å². The van der Waals surface area contributed by atoms with Crippen molar-refractivity contribution < 1.29 is 4.79 Å². The minimum atomic E-state index is 0.0109. The first-order chi connectivity index (χ1) is 7.77. The second-order valence-electron chi connectivity index (χ2n) is 3.48. The van der Waals surface area contributed by atoms with Gasteiger partial charge in [-0.1, -0.05) is 36.4 Å². The predicted octanol–water partition coefficient (Wildman–Crippen LogP) is 1.55. The summed E-state index contributed by atoms with van der Waals surface area (Å²) in [6, 6.07) is 9.95. The van der Waals surface area contributed by atoms with Crippen LogP contribution in [-0.2, 0) is 11.3 Å². The molecule has 1 amide bonds. The van der Waals surface area contributed by atoms with Crippen molar-refractivity contribution in [3.8, 4) is 0 Å². The normalized spacial score (nSPS) is 10.6. The fraction of sp³-hybridized carbons (Fsp3) is 0.308. The lowest BCUT2D eigenvalue weighted by Gasteiger charge is -2.19. The first kappa shape index (κ1) is 12.5. The molecule has 0 spiro atoms. The van der Waals surface area contributed by atoms with Gasteiger partial charge in [-0.05, 0) is 12.5 Å². The maximum atomic E-state index is 11.7. The number of hydrogen-bond acceptors (Lipinski definition) is 2. The Balaban J connectivity index is 2.62. The summed E-state index contributed by atoms with van der Waals surface area (Å²) in [5.74, 6) is 0.0109. The average molecular weight is 218 g/mol. The molecule has 0 saturated carbocycles. The molecule has 0 saturated heterocycles. The first-order valence-electron chi connectivity index (χ1n) is 5.47. The lowest BCUT2D eigenvalue weighted by molar-refractivity contribution is -0.126. The van der Waals surface area contributed by atoms with E-state index in [1.165, 1.54) is 6.08 Å². The van der Waals surface area contributed by atoms with Gasteiger partial charge in [-0.2, -0.15) is 0 Å². The minimum absolute atomic E-state index is 0.0109. The Bertz CT molecular complexity index is 346. The fourth-order valence-electron chi connectivity index (χ4n) is 1.42. The SMILES string of the molecule is CCN(Cc1ccccc1)C(=O)/C=C/CN. The van der Waals surface area contributed by atoms with E-state index in [4.69, 9.17) is 5.73 Å². The van der Waals surface area contributed by atoms with Gasteiger partial charge in [0.2, 0.25) is 5.91 Å². The molecule has 0 atom stereocenters. The van der Waals surface area contributed by atoms with E-state index in [0.29, 0.717) is 19.6 Å². The summed E-state index contributed by atoms with van der Waals surface area (Å²) < 4.78 is 0. The second kappa shape index (κ2) is 6.80. The van der Waals surface area contributed by atoms with Crippen LogP contribution in [0.3, 0.4) is 0 Å². The molecular weight excluding hydrogens is 200 g/mol. The van der Waals surface area contributed by atoms with Crippen LogP contribution in [0.1, 0.15) is 12.5 Å². The van der Waals surface area contributed by atoms with E-state index in [0.717, 1.165) is 5.56 Å². The molecule has 0 aliphatic heterocycles. The van der Waals surface area contributed by atoms with Crippen LogP contribution in [0.5, 0.6) is 0 Å². The van der Waals surface area contributed by atoms with E-state index >= 15 is 0 Å². The minimum Gasteiger partial charge on any atom is -0.335 e. The third kappa shape index (κ3) is 3.87. The fourth-order valence-corrected chi connectivity index (χ4v) is 1.42. The summed E-state index contributed by atoms with van der Waals surface area (Å²) in [4.78, 5) is 13.5. The van der Waals surface area contributed by atoms with Gasteiger partial charge in [-0.3, -0.25) is 4.79 Å². The van der Waals surface area contributed by atoms with Gasteiger partial charge >= 0.3 is 0 Å². The third-order valence-electron chi connectivity index (χ3n) is 2.31. The van der Waals surface area contributed by atoms with Crippen LogP contribution in [0.2, 0.25) is 0 Å². The van der Waals surface area contributed by atoms with Crippen molar-refractivity contribution in [1.82, 2.24) is 4.90 Å². The molecule has 0 bridgehead atoms. The molecule has 0 aromatic heterocycles. The number of likely N-dealkylation sites (N-methyl/N-ethyl adjacent to an activating group) is 1. The van der Waals surface area contributed by atoms with E-state index in [1.807, 2.05) is 37.3 Å². The zero-order chi connectivity index (χ0) is 11.8. The van der Waals surface area contributed by atoms with Crippen LogP contribution < -0.4 is 5.73 Å². The molecule has 0 aliphatic rings. The van der Waals surface area contributed by atoms with Gasteiger partial charge in [0.05, 0.1) is 0 Å². The lowest BCUT2D eigenvalue weighted by atomic mass is 10.2. The number of nitrogens with two attached hydrogens (primary N) is 1. The van der Waals surface area contributed by atoms with Crippen LogP contribution in [-0.4, -0.2) is 23.9 Å². The number of nitrogens with zero attached hydrogens (tertiary/aromatic N) is 1. The maximum absolute atomic E-state index is 11.7. The van der Waals surface area contributed by atoms with Crippen molar-refractivity contribution in [3.05, 3.63) is 48.0 Å². The highest BCUT2D eigenvalue weighted by Crippen LogP contribution is 2.04. The van der Waals surface area contributed by atoms with Crippen molar-refractivity contribution in [2.75, 3.05) is 13.1 Å². The number of hydrogen-bond donors (Lipinski definition) is 1. The Morgan fingerprint density at radius 2 is 2.06 bits per heavy atom. The quantitative estimate of drug-likeness (QED) is 0.762. The molecule has 1 aromatic carbocycles. The van der Waals surface area contributed by atoms with Crippen LogP contribution in [0.15, 0.2) is 42.5 Å². The van der Waals surface area contributed by atoms with Crippen LogP contribution in [0.4, 0.5) is 0 Å². The van der Waals surface area contributed by atoms with Crippen LogP contribution >= 0.6 is 0 Å². The van der Waals surface area contributed by atoms with Gasteiger partial charge in [0.1, 0.15) is 0 Å². The number of carbonyl (C=O) groups excluding carboxylic acids is 1. The number of carbonyl (C=O) groups is 1. The Kier molecular flexibility index (Phi) is 5.29. The highest BCUT2D eigenvalue weighted by atomic mass is 16.2. The molecule has 86 valence electrons. The highest BCUT2D eigenvalue weighted by Gasteiger charge is 2.07. The first-order valence-corrected chi connectivity index (χ1v) is 5.47. The zero-order valence-electron chi connectivity index (χ0n) is 9.60. The molecule has 3 nitrogen and oxygen atoms in total. The Labute approximate surface area is 96.6 Å². The molecule has 2 N–H and O–H groups in total. The molecule has 16 heavy (non-hydrogen) atoms. The molecule has 0 aliphatic carbocycles. The lowest BCUT2D eigenvalue weighted by Crippen LogP contribution is -2.28. The number of amides is 1. The molecule has 1 aromatic rings. The zero-order valence-corrected chi connectivity index (χ0v) is 9.60. The summed E-state index contributed by atoms with van der Waals surface area (Å²) in [5, 5.41) is 0. The van der Waals surface area contributed by atoms with Gasteiger partial charge in [0, 0.05) is 25.7 Å². The third-order valence-corrected chi connectivity index (χ3v) is 2.31. The molecule has 0 radical (unpaired) electrons. The standard InChI is InChI=1S/C13H18N2O/c1-2-15(13(16)9-6-10-14)11-12-7-4-3-5-8-12/h3-9H,2,10-11,14H2,1H3/b9-6+. The van der Waals surface area contributed by atoms with E-state index in [9.17, 15) is 4.79 Å².